The Hall–Kier alpha value is -1.77. The number of H-pyrrole nitrogens is 1. The van der Waals surface area contributed by atoms with Crippen LogP contribution in [-0.4, -0.2) is 16.8 Å². The minimum absolute atomic E-state index is 0.679. The van der Waals surface area contributed by atoms with Crippen LogP contribution in [0.15, 0.2) is 30.5 Å². The quantitative estimate of drug-likeness (QED) is 0.868. The zero-order chi connectivity index (χ0) is 13.0. The van der Waals surface area contributed by atoms with Crippen LogP contribution < -0.4 is 4.74 Å². The van der Waals surface area contributed by atoms with E-state index in [1.807, 2.05) is 25.3 Å². The van der Waals surface area contributed by atoms with E-state index < -0.39 is 0 Å². The van der Waals surface area contributed by atoms with E-state index in [1.165, 1.54) is 0 Å². The highest BCUT2D eigenvalue weighted by molar-refractivity contribution is 5.65. The summed E-state index contributed by atoms with van der Waals surface area (Å²) >= 11 is 0. The van der Waals surface area contributed by atoms with E-state index in [0.717, 1.165) is 35.6 Å². The third kappa shape index (κ3) is 3.13. The maximum Gasteiger partial charge on any atom is 0.119 e. The van der Waals surface area contributed by atoms with Crippen molar-refractivity contribution in [3.05, 3.63) is 36.2 Å². The number of benzene rings is 1. The number of hydrogen-bond acceptors (Lipinski definition) is 2. The molecule has 0 aliphatic rings. The van der Waals surface area contributed by atoms with E-state index in [0.29, 0.717) is 5.92 Å². The van der Waals surface area contributed by atoms with Crippen molar-refractivity contribution in [3.63, 3.8) is 0 Å². The maximum absolute atomic E-state index is 5.70. The Morgan fingerprint density at radius 2 is 1.94 bits per heavy atom. The van der Waals surface area contributed by atoms with Crippen LogP contribution in [0.5, 0.6) is 5.75 Å². The van der Waals surface area contributed by atoms with Gasteiger partial charge < -0.3 is 4.74 Å². The van der Waals surface area contributed by atoms with Crippen LogP contribution in [0.2, 0.25) is 0 Å². The van der Waals surface area contributed by atoms with Crippen LogP contribution in [-0.2, 0) is 0 Å². The number of aryl methyl sites for hydroxylation is 1. The molecule has 1 N–H and O–H groups in total. The van der Waals surface area contributed by atoms with Gasteiger partial charge in [0.25, 0.3) is 0 Å². The third-order valence-corrected chi connectivity index (χ3v) is 2.96. The molecule has 1 aromatic heterocycles. The van der Waals surface area contributed by atoms with E-state index in [4.69, 9.17) is 4.74 Å². The minimum Gasteiger partial charge on any atom is -0.494 e. The predicted octanol–water partition coefficient (Wildman–Crippen LogP) is 3.81. The average Bonchev–Trinajstić information content (AvgIpc) is 2.76. The Morgan fingerprint density at radius 3 is 2.50 bits per heavy atom. The van der Waals surface area contributed by atoms with Crippen LogP contribution in [0.25, 0.3) is 11.1 Å². The number of nitrogens with one attached hydrogen (secondary N) is 1. The zero-order valence-corrected chi connectivity index (χ0v) is 11.2. The number of ether oxygens (including phenoxy) is 1. The number of rotatable bonds is 5. The highest BCUT2D eigenvalue weighted by Crippen LogP contribution is 2.24. The third-order valence-electron chi connectivity index (χ3n) is 2.96. The largest absolute Gasteiger partial charge is 0.494 e. The summed E-state index contributed by atoms with van der Waals surface area (Å²) in [6.07, 6.45) is 3.01. The summed E-state index contributed by atoms with van der Waals surface area (Å²) in [4.78, 5) is 0. The number of hydrogen-bond donors (Lipinski definition) is 1. The monoisotopic (exact) mass is 244 g/mol. The smallest absolute Gasteiger partial charge is 0.119 e. The molecule has 0 unspecified atom stereocenters. The summed E-state index contributed by atoms with van der Waals surface area (Å²) in [5.74, 6) is 1.61. The first-order valence-electron chi connectivity index (χ1n) is 6.40. The molecule has 2 aromatic rings. The Kier molecular flexibility index (Phi) is 4.03. The predicted molar refractivity (Wildman–Crippen MR) is 73.7 cm³/mol. The summed E-state index contributed by atoms with van der Waals surface area (Å²) in [6, 6.07) is 8.18. The zero-order valence-electron chi connectivity index (χ0n) is 11.2. The molecule has 0 aliphatic carbocycles. The molecule has 0 spiro atoms. The van der Waals surface area contributed by atoms with Gasteiger partial charge >= 0.3 is 0 Å². The summed E-state index contributed by atoms with van der Waals surface area (Å²) in [7, 11) is 0. The second-order valence-corrected chi connectivity index (χ2v) is 4.94. The van der Waals surface area contributed by atoms with Crippen LogP contribution in [0.4, 0.5) is 0 Å². The lowest BCUT2D eigenvalue weighted by molar-refractivity contribution is 0.289. The molecule has 0 saturated heterocycles. The fraction of sp³-hybridized carbons (Fsp3) is 0.400. The van der Waals surface area contributed by atoms with Crippen LogP contribution >= 0.6 is 0 Å². The molecule has 3 heteroatoms. The van der Waals surface area contributed by atoms with Crippen molar-refractivity contribution in [2.24, 2.45) is 5.92 Å². The van der Waals surface area contributed by atoms with Gasteiger partial charge in [-0.25, -0.2) is 0 Å². The molecule has 0 fully saturated rings. The topological polar surface area (TPSA) is 37.9 Å². The average molecular weight is 244 g/mol. The van der Waals surface area contributed by atoms with Gasteiger partial charge in [-0.1, -0.05) is 26.0 Å². The lowest BCUT2D eigenvalue weighted by Crippen LogP contribution is -2.01. The van der Waals surface area contributed by atoms with Gasteiger partial charge in [0.05, 0.1) is 12.3 Å². The summed E-state index contributed by atoms with van der Waals surface area (Å²) in [6.45, 7) is 7.18. The Bertz CT molecular complexity index is 485. The minimum atomic E-state index is 0.679. The van der Waals surface area contributed by atoms with E-state index in [1.54, 1.807) is 0 Å². The van der Waals surface area contributed by atoms with Crippen molar-refractivity contribution in [2.45, 2.75) is 27.2 Å². The Morgan fingerprint density at radius 1 is 1.22 bits per heavy atom. The van der Waals surface area contributed by atoms with Crippen LogP contribution in [0, 0.1) is 12.8 Å². The lowest BCUT2D eigenvalue weighted by Gasteiger charge is -2.08. The van der Waals surface area contributed by atoms with Gasteiger partial charge in [-0.3, -0.25) is 5.10 Å². The molecule has 96 valence electrons. The van der Waals surface area contributed by atoms with Gasteiger partial charge in [-0.15, -0.1) is 0 Å². The first-order chi connectivity index (χ1) is 8.66. The van der Waals surface area contributed by atoms with Gasteiger partial charge in [-0.05, 0) is 37.0 Å². The molecule has 0 saturated carbocycles. The molecule has 2 rings (SSSR count). The van der Waals surface area contributed by atoms with E-state index >= 15 is 0 Å². The van der Waals surface area contributed by atoms with Crippen molar-refractivity contribution < 1.29 is 4.74 Å². The molecule has 0 bridgehead atoms. The molecule has 0 radical (unpaired) electrons. The van der Waals surface area contributed by atoms with Crippen molar-refractivity contribution in [3.8, 4) is 16.9 Å². The second kappa shape index (κ2) is 5.71. The van der Waals surface area contributed by atoms with Crippen molar-refractivity contribution in [1.29, 1.82) is 0 Å². The summed E-state index contributed by atoms with van der Waals surface area (Å²) < 4.78 is 5.70. The van der Waals surface area contributed by atoms with Crippen molar-refractivity contribution >= 4 is 0 Å². The molecular weight excluding hydrogens is 224 g/mol. The van der Waals surface area contributed by atoms with Gasteiger partial charge in [0, 0.05) is 11.8 Å². The van der Waals surface area contributed by atoms with Crippen LogP contribution in [0.3, 0.4) is 0 Å². The van der Waals surface area contributed by atoms with E-state index in [2.05, 4.69) is 36.2 Å². The molecule has 1 heterocycles. The van der Waals surface area contributed by atoms with Gasteiger partial charge in [-0.2, -0.15) is 5.10 Å². The fourth-order valence-electron chi connectivity index (χ4n) is 1.79. The second-order valence-electron chi connectivity index (χ2n) is 4.94. The standard InChI is InChI=1S/C15H20N2O/c1-11(2)8-9-18-14-6-4-13(5-7-14)15-10-16-17-12(15)3/h4-7,10-11H,8-9H2,1-3H3,(H,16,17). The molecule has 0 amide bonds. The lowest BCUT2D eigenvalue weighted by atomic mass is 10.1. The van der Waals surface area contributed by atoms with Crippen molar-refractivity contribution in [1.82, 2.24) is 10.2 Å². The maximum atomic E-state index is 5.70. The highest BCUT2D eigenvalue weighted by Gasteiger charge is 2.04. The van der Waals surface area contributed by atoms with E-state index in [-0.39, 0.29) is 0 Å². The van der Waals surface area contributed by atoms with Crippen LogP contribution in [0.1, 0.15) is 26.0 Å². The molecule has 0 aliphatic heterocycles. The first kappa shape index (κ1) is 12.7. The summed E-state index contributed by atoms with van der Waals surface area (Å²) in [5, 5.41) is 7.00. The fourth-order valence-corrected chi connectivity index (χ4v) is 1.79. The number of aromatic amines is 1. The molecular formula is C15H20N2O. The SMILES string of the molecule is Cc1n[nH]cc1-c1ccc(OCCC(C)C)cc1. The van der Waals surface area contributed by atoms with E-state index in [9.17, 15) is 0 Å². The molecule has 18 heavy (non-hydrogen) atoms. The Labute approximate surface area is 108 Å². The normalized spacial score (nSPS) is 10.9. The molecule has 1 aromatic carbocycles. The number of aromatic nitrogens is 2. The van der Waals surface area contributed by atoms with Gasteiger partial charge in [0.15, 0.2) is 0 Å². The van der Waals surface area contributed by atoms with Gasteiger partial charge in [0.2, 0.25) is 0 Å². The summed E-state index contributed by atoms with van der Waals surface area (Å²) in [5.41, 5.74) is 3.32. The number of nitrogens with zero attached hydrogens (tertiary/aromatic N) is 1. The highest BCUT2D eigenvalue weighted by atomic mass is 16.5. The molecule has 0 atom stereocenters. The van der Waals surface area contributed by atoms with Crippen molar-refractivity contribution in [2.75, 3.05) is 6.61 Å². The molecule has 3 nitrogen and oxygen atoms in total. The Balaban J connectivity index is 2.00. The van der Waals surface area contributed by atoms with Gasteiger partial charge in [0.1, 0.15) is 5.75 Å². The first-order valence-corrected chi connectivity index (χ1v) is 6.40.